The van der Waals surface area contributed by atoms with Crippen LogP contribution in [0.2, 0.25) is 0 Å². The van der Waals surface area contributed by atoms with Crippen LogP contribution < -0.4 is 0 Å². The summed E-state index contributed by atoms with van der Waals surface area (Å²) >= 11 is 0. The summed E-state index contributed by atoms with van der Waals surface area (Å²) in [5.74, 6) is 0. The van der Waals surface area contributed by atoms with Crippen molar-refractivity contribution in [2.45, 2.75) is 26.4 Å². The average molecular weight is 152 g/mol. The Kier molecular flexibility index (Phi) is 14.5. The molecule has 64 valence electrons. The van der Waals surface area contributed by atoms with E-state index in [4.69, 9.17) is 15.5 Å². The van der Waals surface area contributed by atoms with Crippen LogP contribution in [0.3, 0.4) is 0 Å². The molecule has 10 heavy (non-hydrogen) atoms. The lowest BCUT2D eigenvalue weighted by Gasteiger charge is -2.00. The smallest absolute Gasteiger partial charge is 0.110 e. The topological polar surface area (TPSA) is 69.9 Å². The first-order valence-electron chi connectivity index (χ1n) is 3.28. The van der Waals surface area contributed by atoms with Gasteiger partial charge in [0.15, 0.2) is 0 Å². The number of aliphatic hydroxyl groups is 2. The third-order valence-electron chi connectivity index (χ3n) is 0.478. The molecule has 0 aliphatic carbocycles. The molecule has 0 heterocycles. The lowest BCUT2D eigenvalue weighted by atomic mass is 10.4. The molecule has 0 amide bonds. The van der Waals surface area contributed by atoms with Crippen molar-refractivity contribution >= 4 is 0 Å². The SMILES string of the molecule is CCC.OCC(O)COO. The van der Waals surface area contributed by atoms with E-state index in [0.29, 0.717) is 0 Å². The Balaban J connectivity index is 0. The first-order chi connectivity index (χ1) is 4.72. The molecule has 0 radical (unpaired) electrons. The van der Waals surface area contributed by atoms with E-state index in [1.807, 2.05) is 0 Å². The van der Waals surface area contributed by atoms with Crippen LogP contribution in [0, 0.1) is 0 Å². The minimum absolute atomic E-state index is 0.240. The second-order valence-electron chi connectivity index (χ2n) is 1.84. The zero-order chi connectivity index (χ0) is 8.41. The molecule has 3 N–H and O–H groups in total. The Labute approximate surface area is 61.0 Å². The van der Waals surface area contributed by atoms with Crippen LogP contribution >= 0.6 is 0 Å². The van der Waals surface area contributed by atoms with E-state index >= 15 is 0 Å². The summed E-state index contributed by atoms with van der Waals surface area (Å²) in [4.78, 5) is 3.48. The van der Waals surface area contributed by atoms with Gasteiger partial charge in [0.25, 0.3) is 0 Å². The molecule has 0 aromatic heterocycles. The number of hydrogen-bond donors (Lipinski definition) is 3. The maximum Gasteiger partial charge on any atom is 0.110 e. The lowest BCUT2D eigenvalue weighted by Crippen LogP contribution is -2.17. The zero-order valence-corrected chi connectivity index (χ0v) is 6.45. The fraction of sp³-hybridized carbons (Fsp3) is 1.00. The van der Waals surface area contributed by atoms with Gasteiger partial charge < -0.3 is 10.2 Å². The van der Waals surface area contributed by atoms with E-state index < -0.39 is 6.10 Å². The highest BCUT2D eigenvalue weighted by Gasteiger charge is 1.98. The van der Waals surface area contributed by atoms with Gasteiger partial charge in [0.2, 0.25) is 0 Å². The second-order valence-corrected chi connectivity index (χ2v) is 1.84. The molecule has 0 aliphatic heterocycles. The molecule has 1 atom stereocenters. The molecule has 0 saturated carbocycles. The molecule has 1 unspecified atom stereocenters. The molecular weight excluding hydrogens is 136 g/mol. The van der Waals surface area contributed by atoms with Crippen LogP contribution in [0.1, 0.15) is 20.3 Å². The normalized spacial score (nSPS) is 11.7. The van der Waals surface area contributed by atoms with Crippen LogP contribution in [-0.2, 0) is 4.89 Å². The van der Waals surface area contributed by atoms with Crippen molar-refractivity contribution in [3.05, 3.63) is 0 Å². The number of rotatable bonds is 3. The van der Waals surface area contributed by atoms with Gasteiger partial charge in [-0.15, -0.1) is 0 Å². The number of hydrogen-bond acceptors (Lipinski definition) is 4. The first kappa shape index (κ1) is 12.5. The molecule has 0 bridgehead atoms. The molecule has 0 rings (SSSR count). The van der Waals surface area contributed by atoms with Crippen LogP contribution in [0.25, 0.3) is 0 Å². The summed E-state index contributed by atoms with van der Waals surface area (Å²) in [6.45, 7) is 3.62. The van der Waals surface area contributed by atoms with E-state index in [9.17, 15) is 0 Å². The summed E-state index contributed by atoms with van der Waals surface area (Å²) in [6.07, 6.45) is 0.282. The molecule has 0 spiro atoms. The van der Waals surface area contributed by atoms with Gasteiger partial charge in [-0.1, -0.05) is 20.3 Å². The predicted molar refractivity (Wildman–Crippen MR) is 37.6 cm³/mol. The Hall–Kier alpha value is -0.160. The summed E-state index contributed by atoms with van der Waals surface area (Å²) in [5, 5.41) is 23.9. The fourth-order valence-electron chi connectivity index (χ4n) is 0.139. The third kappa shape index (κ3) is 15.7. The van der Waals surface area contributed by atoms with Crippen molar-refractivity contribution in [3.63, 3.8) is 0 Å². The predicted octanol–water partition coefficient (Wildman–Crippen LogP) is 0.246. The quantitative estimate of drug-likeness (QED) is 0.400. The van der Waals surface area contributed by atoms with Crippen LogP contribution in [0.15, 0.2) is 0 Å². The van der Waals surface area contributed by atoms with Crippen molar-refractivity contribution in [1.82, 2.24) is 0 Å². The Bertz CT molecular complexity index is 49.0. The molecule has 0 aromatic rings. The molecule has 0 aromatic carbocycles. The highest BCUT2D eigenvalue weighted by molar-refractivity contribution is 4.45. The van der Waals surface area contributed by atoms with Gasteiger partial charge in [0.1, 0.15) is 12.7 Å². The van der Waals surface area contributed by atoms with Gasteiger partial charge in [-0.05, 0) is 0 Å². The molecule has 4 heteroatoms. The van der Waals surface area contributed by atoms with Crippen molar-refractivity contribution < 1.29 is 20.4 Å². The molecule has 0 aliphatic rings. The Morgan fingerprint density at radius 2 is 1.80 bits per heavy atom. The van der Waals surface area contributed by atoms with Crippen molar-refractivity contribution in [3.8, 4) is 0 Å². The van der Waals surface area contributed by atoms with E-state index in [1.165, 1.54) is 6.42 Å². The van der Waals surface area contributed by atoms with Gasteiger partial charge in [0.05, 0.1) is 6.61 Å². The van der Waals surface area contributed by atoms with Crippen LogP contribution in [0.5, 0.6) is 0 Å². The van der Waals surface area contributed by atoms with Gasteiger partial charge >= 0.3 is 0 Å². The average Bonchev–Trinajstić information content (AvgIpc) is 1.90. The Morgan fingerprint density at radius 3 is 1.90 bits per heavy atom. The van der Waals surface area contributed by atoms with E-state index in [0.717, 1.165) is 0 Å². The van der Waals surface area contributed by atoms with E-state index in [1.54, 1.807) is 0 Å². The summed E-state index contributed by atoms with van der Waals surface area (Å²) in [6, 6.07) is 0. The fourth-order valence-corrected chi connectivity index (χ4v) is 0.139. The van der Waals surface area contributed by atoms with Gasteiger partial charge in [-0.25, -0.2) is 4.89 Å². The lowest BCUT2D eigenvalue weighted by molar-refractivity contribution is -0.258. The minimum Gasteiger partial charge on any atom is -0.394 e. The third-order valence-corrected chi connectivity index (χ3v) is 0.478. The minimum atomic E-state index is -0.968. The highest BCUT2D eigenvalue weighted by Crippen LogP contribution is 1.77. The molecular formula is C6H16O4. The van der Waals surface area contributed by atoms with Crippen molar-refractivity contribution in [1.29, 1.82) is 0 Å². The van der Waals surface area contributed by atoms with Gasteiger partial charge in [-0.3, -0.25) is 5.26 Å². The standard InChI is InChI=1S/C3H8O4.C3H8/c4-1-3(5)2-7-6;1-3-2/h3-6H,1-2H2;3H2,1-2H3. The maximum absolute atomic E-state index is 8.32. The highest BCUT2D eigenvalue weighted by atomic mass is 17.1. The largest absolute Gasteiger partial charge is 0.394 e. The van der Waals surface area contributed by atoms with Gasteiger partial charge in [0, 0.05) is 0 Å². The zero-order valence-electron chi connectivity index (χ0n) is 6.45. The van der Waals surface area contributed by atoms with Crippen molar-refractivity contribution in [2.24, 2.45) is 0 Å². The Morgan fingerprint density at radius 1 is 1.40 bits per heavy atom. The first-order valence-corrected chi connectivity index (χ1v) is 3.28. The number of aliphatic hydroxyl groups excluding tert-OH is 2. The van der Waals surface area contributed by atoms with E-state index in [2.05, 4.69) is 18.7 Å². The van der Waals surface area contributed by atoms with Crippen molar-refractivity contribution in [2.75, 3.05) is 13.2 Å². The van der Waals surface area contributed by atoms with E-state index in [-0.39, 0.29) is 13.2 Å². The molecule has 0 saturated heterocycles. The monoisotopic (exact) mass is 152 g/mol. The van der Waals surface area contributed by atoms with Crippen LogP contribution in [-0.4, -0.2) is 34.8 Å². The summed E-state index contributed by atoms with van der Waals surface area (Å²) in [7, 11) is 0. The summed E-state index contributed by atoms with van der Waals surface area (Å²) < 4.78 is 0. The second kappa shape index (κ2) is 11.6. The van der Waals surface area contributed by atoms with Crippen LogP contribution in [0.4, 0.5) is 0 Å². The molecule has 4 nitrogen and oxygen atoms in total. The maximum atomic E-state index is 8.32. The molecule has 0 fully saturated rings. The summed E-state index contributed by atoms with van der Waals surface area (Å²) in [5.41, 5.74) is 0. The van der Waals surface area contributed by atoms with Gasteiger partial charge in [-0.2, -0.15) is 0 Å².